The summed E-state index contributed by atoms with van der Waals surface area (Å²) in [5, 5.41) is 14.0. The standard InChI is InChI=1S/C13H15N5O/c1-9-6-10(9)7-14-13(19)11-4-2-3-5-12(11)18-8-15-16-17-18/h2-5,8-10H,6-7H2,1H3,(H,14,19)/t9-,10-/m0/s1. The summed E-state index contributed by atoms with van der Waals surface area (Å²) >= 11 is 0. The Hall–Kier alpha value is -2.24. The molecule has 2 atom stereocenters. The third-order valence-electron chi connectivity index (χ3n) is 3.55. The number of tetrazole rings is 1. The number of benzene rings is 1. The quantitative estimate of drug-likeness (QED) is 0.888. The van der Waals surface area contributed by atoms with Gasteiger partial charge in [-0.25, -0.2) is 0 Å². The summed E-state index contributed by atoms with van der Waals surface area (Å²) in [7, 11) is 0. The van der Waals surface area contributed by atoms with Gasteiger partial charge in [0.05, 0.1) is 11.3 Å². The van der Waals surface area contributed by atoms with E-state index >= 15 is 0 Å². The van der Waals surface area contributed by atoms with Crippen LogP contribution in [-0.4, -0.2) is 32.7 Å². The van der Waals surface area contributed by atoms with E-state index < -0.39 is 0 Å². The second-order valence-electron chi connectivity index (χ2n) is 4.95. The van der Waals surface area contributed by atoms with Crippen molar-refractivity contribution in [2.45, 2.75) is 13.3 Å². The van der Waals surface area contributed by atoms with Gasteiger partial charge in [0.2, 0.25) is 0 Å². The Morgan fingerprint density at radius 2 is 2.26 bits per heavy atom. The Morgan fingerprint density at radius 3 is 2.95 bits per heavy atom. The average Bonchev–Trinajstić information content (AvgIpc) is 2.93. The molecule has 0 aliphatic heterocycles. The van der Waals surface area contributed by atoms with E-state index in [2.05, 4.69) is 27.8 Å². The number of carbonyl (C=O) groups is 1. The lowest BCUT2D eigenvalue weighted by molar-refractivity contribution is 0.0951. The molecule has 6 nitrogen and oxygen atoms in total. The van der Waals surface area contributed by atoms with Crippen molar-refractivity contribution in [1.29, 1.82) is 0 Å². The summed E-state index contributed by atoms with van der Waals surface area (Å²) in [5.74, 6) is 1.28. The second-order valence-corrected chi connectivity index (χ2v) is 4.95. The lowest BCUT2D eigenvalue weighted by Crippen LogP contribution is -2.27. The van der Waals surface area contributed by atoms with E-state index in [0.717, 1.165) is 12.5 Å². The minimum absolute atomic E-state index is 0.0785. The van der Waals surface area contributed by atoms with E-state index in [1.54, 1.807) is 6.07 Å². The number of nitrogens with one attached hydrogen (secondary N) is 1. The van der Waals surface area contributed by atoms with Crippen LogP contribution in [0.3, 0.4) is 0 Å². The maximum atomic E-state index is 12.2. The number of nitrogens with zero attached hydrogens (tertiary/aromatic N) is 4. The molecule has 1 aliphatic carbocycles. The first-order chi connectivity index (χ1) is 9.25. The van der Waals surface area contributed by atoms with Crippen LogP contribution in [0.2, 0.25) is 0 Å². The third-order valence-corrected chi connectivity index (χ3v) is 3.55. The first-order valence-corrected chi connectivity index (χ1v) is 6.36. The first kappa shape index (κ1) is 11.8. The zero-order valence-electron chi connectivity index (χ0n) is 10.7. The van der Waals surface area contributed by atoms with Crippen molar-refractivity contribution in [2.75, 3.05) is 6.54 Å². The molecule has 1 saturated carbocycles. The van der Waals surface area contributed by atoms with Crippen molar-refractivity contribution in [3.63, 3.8) is 0 Å². The largest absolute Gasteiger partial charge is 0.352 e. The van der Waals surface area contributed by atoms with Crippen LogP contribution in [-0.2, 0) is 0 Å². The SMILES string of the molecule is C[C@H]1C[C@H]1CNC(=O)c1ccccc1-n1cnnn1. The summed E-state index contributed by atoms with van der Waals surface area (Å²) in [6.07, 6.45) is 2.68. The van der Waals surface area contributed by atoms with Gasteiger partial charge in [0.25, 0.3) is 5.91 Å². The van der Waals surface area contributed by atoms with Gasteiger partial charge >= 0.3 is 0 Å². The van der Waals surface area contributed by atoms with Gasteiger partial charge in [-0.1, -0.05) is 19.1 Å². The van der Waals surface area contributed by atoms with Crippen molar-refractivity contribution < 1.29 is 4.79 Å². The zero-order valence-corrected chi connectivity index (χ0v) is 10.7. The highest BCUT2D eigenvalue weighted by molar-refractivity contribution is 5.97. The van der Waals surface area contributed by atoms with Crippen molar-refractivity contribution in [1.82, 2.24) is 25.5 Å². The average molecular weight is 257 g/mol. The number of hydrogen-bond donors (Lipinski definition) is 1. The van der Waals surface area contributed by atoms with Crippen molar-refractivity contribution >= 4 is 5.91 Å². The Kier molecular flexibility index (Phi) is 2.98. The molecule has 1 fully saturated rings. The van der Waals surface area contributed by atoms with Crippen LogP contribution < -0.4 is 5.32 Å². The van der Waals surface area contributed by atoms with Crippen molar-refractivity contribution in [2.24, 2.45) is 11.8 Å². The van der Waals surface area contributed by atoms with Crippen LogP contribution in [0, 0.1) is 11.8 Å². The summed E-state index contributed by atoms with van der Waals surface area (Å²) in [4.78, 5) is 12.2. The van der Waals surface area contributed by atoms with E-state index in [-0.39, 0.29) is 5.91 Å². The highest BCUT2D eigenvalue weighted by Gasteiger charge is 2.32. The predicted octanol–water partition coefficient (Wildman–Crippen LogP) is 1.05. The molecule has 0 saturated heterocycles. The Labute approximate surface area is 110 Å². The number of para-hydroxylation sites is 1. The van der Waals surface area contributed by atoms with Crippen LogP contribution in [0.4, 0.5) is 0 Å². The van der Waals surface area contributed by atoms with Crippen molar-refractivity contribution in [3.8, 4) is 5.69 Å². The molecule has 1 amide bonds. The summed E-state index contributed by atoms with van der Waals surface area (Å²) in [5.41, 5.74) is 1.27. The van der Waals surface area contributed by atoms with Crippen LogP contribution in [0.1, 0.15) is 23.7 Å². The lowest BCUT2D eigenvalue weighted by atomic mass is 10.1. The second kappa shape index (κ2) is 4.79. The van der Waals surface area contributed by atoms with Gasteiger partial charge in [0, 0.05) is 6.54 Å². The minimum atomic E-state index is -0.0785. The Bertz CT molecular complexity index is 580. The molecular formula is C13H15N5O. The van der Waals surface area contributed by atoms with E-state index in [9.17, 15) is 4.79 Å². The zero-order chi connectivity index (χ0) is 13.2. The number of aromatic nitrogens is 4. The fraction of sp³-hybridized carbons (Fsp3) is 0.385. The van der Waals surface area contributed by atoms with Gasteiger partial charge in [-0.15, -0.1) is 5.10 Å². The molecule has 3 rings (SSSR count). The summed E-state index contributed by atoms with van der Waals surface area (Å²) in [6, 6.07) is 7.30. The molecule has 19 heavy (non-hydrogen) atoms. The van der Waals surface area contributed by atoms with E-state index in [1.165, 1.54) is 17.4 Å². The first-order valence-electron chi connectivity index (χ1n) is 6.36. The highest BCUT2D eigenvalue weighted by atomic mass is 16.1. The van der Waals surface area contributed by atoms with Crippen LogP contribution in [0.5, 0.6) is 0 Å². The monoisotopic (exact) mass is 257 g/mol. The van der Waals surface area contributed by atoms with E-state index in [1.807, 2.05) is 18.2 Å². The van der Waals surface area contributed by atoms with Gasteiger partial charge < -0.3 is 5.32 Å². The molecule has 2 aromatic rings. The number of amides is 1. The lowest BCUT2D eigenvalue weighted by Gasteiger charge is -2.08. The molecule has 6 heteroatoms. The molecule has 0 radical (unpaired) electrons. The highest BCUT2D eigenvalue weighted by Crippen LogP contribution is 2.36. The van der Waals surface area contributed by atoms with Gasteiger partial charge in [-0.05, 0) is 40.8 Å². The molecule has 1 aliphatic rings. The summed E-state index contributed by atoms with van der Waals surface area (Å²) in [6.45, 7) is 2.94. The van der Waals surface area contributed by atoms with E-state index in [0.29, 0.717) is 17.2 Å². The fourth-order valence-corrected chi connectivity index (χ4v) is 2.14. The molecule has 1 N–H and O–H groups in total. The topological polar surface area (TPSA) is 72.7 Å². The van der Waals surface area contributed by atoms with E-state index in [4.69, 9.17) is 0 Å². The number of hydrogen-bond acceptors (Lipinski definition) is 4. The molecule has 1 aromatic carbocycles. The molecule has 0 bridgehead atoms. The third kappa shape index (κ3) is 2.47. The Morgan fingerprint density at radius 1 is 1.47 bits per heavy atom. The number of rotatable bonds is 4. The summed E-state index contributed by atoms with van der Waals surface area (Å²) < 4.78 is 1.49. The van der Waals surface area contributed by atoms with Gasteiger partial charge in [0.1, 0.15) is 6.33 Å². The molecule has 0 unspecified atom stereocenters. The van der Waals surface area contributed by atoms with Gasteiger partial charge in [0.15, 0.2) is 0 Å². The maximum absolute atomic E-state index is 12.2. The van der Waals surface area contributed by atoms with Crippen LogP contribution in [0.15, 0.2) is 30.6 Å². The number of carbonyl (C=O) groups excluding carboxylic acids is 1. The molecule has 98 valence electrons. The van der Waals surface area contributed by atoms with Crippen LogP contribution >= 0.6 is 0 Å². The fourth-order valence-electron chi connectivity index (χ4n) is 2.14. The molecule has 1 aromatic heterocycles. The van der Waals surface area contributed by atoms with Gasteiger partial charge in [-0.2, -0.15) is 4.68 Å². The molecule has 0 spiro atoms. The normalized spacial score (nSPS) is 21.1. The van der Waals surface area contributed by atoms with Crippen LogP contribution in [0.25, 0.3) is 5.69 Å². The Balaban J connectivity index is 1.78. The van der Waals surface area contributed by atoms with Crippen molar-refractivity contribution in [3.05, 3.63) is 36.2 Å². The molecule has 1 heterocycles. The smallest absolute Gasteiger partial charge is 0.253 e. The maximum Gasteiger partial charge on any atom is 0.253 e. The minimum Gasteiger partial charge on any atom is -0.352 e. The van der Waals surface area contributed by atoms with Gasteiger partial charge in [-0.3, -0.25) is 4.79 Å². The predicted molar refractivity (Wildman–Crippen MR) is 68.8 cm³/mol. The molecular weight excluding hydrogens is 242 g/mol.